The van der Waals surface area contributed by atoms with Gasteiger partial charge in [0.25, 0.3) is 0 Å². The zero-order valence-corrected chi connectivity index (χ0v) is 13.5. The Kier molecular flexibility index (Phi) is 4.93. The van der Waals surface area contributed by atoms with Gasteiger partial charge in [-0.25, -0.2) is 0 Å². The van der Waals surface area contributed by atoms with Crippen molar-refractivity contribution < 1.29 is 14.2 Å². The van der Waals surface area contributed by atoms with Crippen LogP contribution < -0.4 is 14.8 Å². The van der Waals surface area contributed by atoms with Crippen LogP contribution in [0.5, 0.6) is 11.5 Å². The van der Waals surface area contributed by atoms with E-state index in [-0.39, 0.29) is 0 Å². The molecular weight excluding hydrogens is 286 g/mol. The van der Waals surface area contributed by atoms with Gasteiger partial charge in [-0.1, -0.05) is 0 Å². The smallest absolute Gasteiger partial charge is 0.162 e. The molecule has 2 unspecified atom stereocenters. The van der Waals surface area contributed by atoms with Crippen LogP contribution in [0.15, 0.2) is 17.0 Å². The Morgan fingerprint density at radius 3 is 2.62 bits per heavy atom. The van der Waals surface area contributed by atoms with E-state index in [0.29, 0.717) is 25.2 Å². The van der Waals surface area contributed by atoms with Crippen LogP contribution in [0.3, 0.4) is 0 Å². The number of ether oxygens (including phenoxy) is 3. The van der Waals surface area contributed by atoms with Crippen molar-refractivity contribution in [2.75, 3.05) is 32.6 Å². The summed E-state index contributed by atoms with van der Waals surface area (Å²) in [5, 5.41) is 3.57. The molecule has 4 nitrogen and oxygen atoms in total. The van der Waals surface area contributed by atoms with Crippen molar-refractivity contribution in [1.29, 1.82) is 0 Å². The van der Waals surface area contributed by atoms with Crippen molar-refractivity contribution in [2.24, 2.45) is 5.92 Å². The van der Waals surface area contributed by atoms with E-state index in [1.165, 1.54) is 10.5 Å². The summed E-state index contributed by atoms with van der Waals surface area (Å²) in [7, 11) is 0. The van der Waals surface area contributed by atoms with Gasteiger partial charge in [0.2, 0.25) is 0 Å². The van der Waals surface area contributed by atoms with Crippen LogP contribution in [0.4, 0.5) is 0 Å². The predicted molar refractivity (Wildman–Crippen MR) is 84.4 cm³/mol. The Labute approximate surface area is 130 Å². The number of hydrogen-bond donors (Lipinski definition) is 1. The maximum Gasteiger partial charge on any atom is 0.162 e. The van der Waals surface area contributed by atoms with Crippen molar-refractivity contribution in [3.05, 3.63) is 17.7 Å². The summed E-state index contributed by atoms with van der Waals surface area (Å²) in [6, 6.07) is 4.21. The van der Waals surface area contributed by atoms with Gasteiger partial charge in [0.05, 0.1) is 6.10 Å². The van der Waals surface area contributed by atoms with Crippen molar-refractivity contribution in [3.8, 4) is 11.5 Å². The molecule has 1 N–H and O–H groups in total. The lowest BCUT2D eigenvalue weighted by molar-refractivity contribution is 0.105. The average molecular weight is 309 g/mol. The second-order valence-corrected chi connectivity index (χ2v) is 6.41. The third-order valence-corrected chi connectivity index (χ3v) is 5.02. The lowest BCUT2D eigenvalue weighted by Crippen LogP contribution is -2.27. The maximum atomic E-state index is 5.68. The van der Waals surface area contributed by atoms with Crippen molar-refractivity contribution in [2.45, 2.75) is 30.9 Å². The first-order valence-corrected chi connectivity index (χ1v) is 8.79. The van der Waals surface area contributed by atoms with Crippen LogP contribution in [-0.2, 0) is 11.3 Å². The SMILES string of the molecule is CSc1cc2c(cc1CNCC1CCOC1C)OCCO2. The van der Waals surface area contributed by atoms with Gasteiger partial charge in [0.1, 0.15) is 13.2 Å². The number of fused-ring (bicyclic) bond motifs is 1. The van der Waals surface area contributed by atoms with Crippen LogP contribution >= 0.6 is 11.8 Å². The Hall–Kier alpha value is -0.910. The first kappa shape index (κ1) is 15.0. The molecule has 2 heterocycles. The van der Waals surface area contributed by atoms with E-state index in [4.69, 9.17) is 14.2 Å². The number of hydrogen-bond acceptors (Lipinski definition) is 5. The molecule has 21 heavy (non-hydrogen) atoms. The largest absolute Gasteiger partial charge is 0.486 e. The zero-order valence-electron chi connectivity index (χ0n) is 12.7. The van der Waals surface area contributed by atoms with Gasteiger partial charge in [-0.15, -0.1) is 11.8 Å². The minimum Gasteiger partial charge on any atom is -0.486 e. The highest BCUT2D eigenvalue weighted by atomic mass is 32.2. The molecule has 3 rings (SSSR count). The van der Waals surface area contributed by atoms with E-state index in [1.54, 1.807) is 11.8 Å². The summed E-state index contributed by atoms with van der Waals surface area (Å²) in [6.07, 6.45) is 3.63. The molecule has 0 aliphatic carbocycles. The van der Waals surface area contributed by atoms with Crippen LogP contribution in [0.1, 0.15) is 18.9 Å². The molecule has 2 atom stereocenters. The van der Waals surface area contributed by atoms with Gasteiger partial charge >= 0.3 is 0 Å². The van der Waals surface area contributed by atoms with Crippen molar-refractivity contribution in [1.82, 2.24) is 5.32 Å². The fraction of sp³-hybridized carbons (Fsp3) is 0.625. The molecule has 116 valence electrons. The molecule has 0 spiro atoms. The van der Waals surface area contributed by atoms with Crippen LogP contribution in [-0.4, -0.2) is 38.7 Å². The lowest BCUT2D eigenvalue weighted by Gasteiger charge is -2.21. The van der Waals surface area contributed by atoms with Gasteiger partial charge in [-0.3, -0.25) is 0 Å². The number of benzene rings is 1. The maximum absolute atomic E-state index is 5.68. The van der Waals surface area contributed by atoms with Crippen molar-refractivity contribution >= 4 is 11.8 Å². The van der Waals surface area contributed by atoms with Crippen LogP contribution in [0.2, 0.25) is 0 Å². The molecule has 0 amide bonds. The quantitative estimate of drug-likeness (QED) is 0.847. The van der Waals surface area contributed by atoms with Crippen LogP contribution in [0.25, 0.3) is 0 Å². The molecule has 1 aromatic carbocycles. The fourth-order valence-electron chi connectivity index (χ4n) is 2.88. The summed E-state index contributed by atoms with van der Waals surface area (Å²) in [6.45, 7) is 6.19. The molecule has 0 radical (unpaired) electrons. The molecule has 0 bridgehead atoms. The Morgan fingerprint density at radius 1 is 1.19 bits per heavy atom. The summed E-state index contributed by atoms with van der Waals surface area (Å²) < 4.78 is 16.9. The van der Waals surface area contributed by atoms with Crippen molar-refractivity contribution in [3.63, 3.8) is 0 Å². The molecule has 2 aliphatic heterocycles. The Balaban J connectivity index is 1.63. The molecule has 2 aliphatic rings. The van der Waals surface area contributed by atoms with E-state index in [2.05, 4.69) is 30.6 Å². The topological polar surface area (TPSA) is 39.7 Å². The summed E-state index contributed by atoms with van der Waals surface area (Å²) in [5.41, 5.74) is 1.28. The van der Waals surface area contributed by atoms with Gasteiger partial charge in [0, 0.05) is 24.6 Å². The number of thioether (sulfide) groups is 1. The average Bonchev–Trinajstić information content (AvgIpc) is 2.92. The molecule has 5 heteroatoms. The van der Waals surface area contributed by atoms with Gasteiger partial charge in [-0.05, 0) is 43.2 Å². The Morgan fingerprint density at radius 2 is 1.95 bits per heavy atom. The summed E-state index contributed by atoms with van der Waals surface area (Å²) >= 11 is 1.75. The molecule has 1 aromatic rings. The normalized spacial score (nSPS) is 24.3. The van der Waals surface area contributed by atoms with E-state index >= 15 is 0 Å². The van der Waals surface area contributed by atoms with E-state index < -0.39 is 0 Å². The second kappa shape index (κ2) is 6.90. The van der Waals surface area contributed by atoms with E-state index in [9.17, 15) is 0 Å². The molecule has 0 saturated carbocycles. The summed E-state index contributed by atoms with van der Waals surface area (Å²) in [4.78, 5) is 1.25. The monoisotopic (exact) mass is 309 g/mol. The highest BCUT2D eigenvalue weighted by Crippen LogP contribution is 2.36. The van der Waals surface area contributed by atoms with Gasteiger partial charge < -0.3 is 19.5 Å². The molecular formula is C16H23NO3S. The zero-order chi connectivity index (χ0) is 14.7. The lowest BCUT2D eigenvalue weighted by atomic mass is 10.0. The molecule has 1 saturated heterocycles. The molecule has 1 fully saturated rings. The fourth-order valence-corrected chi connectivity index (χ4v) is 3.49. The number of nitrogens with one attached hydrogen (secondary N) is 1. The number of rotatable bonds is 5. The van der Waals surface area contributed by atoms with Gasteiger partial charge in [-0.2, -0.15) is 0 Å². The second-order valence-electron chi connectivity index (χ2n) is 5.56. The highest BCUT2D eigenvalue weighted by Gasteiger charge is 2.23. The summed E-state index contributed by atoms with van der Waals surface area (Å²) in [5.74, 6) is 2.36. The Bertz CT molecular complexity index is 495. The first-order chi connectivity index (χ1) is 10.3. The van der Waals surface area contributed by atoms with Gasteiger partial charge in [0.15, 0.2) is 11.5 Å². The highest BCUT2D eigenvalue weighted by molar-refractivity contribution is 7.98. The van der Waals surface area contributed by atoms with E-state index in [0.717, 1.165) is 37.6 Å². The third kappa shape index (κ3) is 3.47. The van der Waals surface area contributed by atoms with E-state index in [1.807, 2.05) is 0 Å². The van der Waals surface area contributed by atoms with Crippen LogP contribution in [0, 0.1) is 5.92 Å². The first-order valence-electron chi connectivity index (χ1n) is 7.56. The molecule has 0 aromatic heterocycles. The predicted octanol–water partition coefficient (Wildman–Crippen LogP) is 2.69. The minimum absolute atomic E-state index is 0.373. The third-order valence-electron chi connectivity index (χ3n) is 4.20. The standard InChI is InChI=1S/C16H23NO3S/c1-11-12(3-4-18-11)9-17-10-13-7-14-15(8-16(13)21-2)20-6-5-19-14/h7-8,11-12,17H,3-6,9-10H2,1-2H3. The minimum atomic E-state index is 0.373.